The van der Waals surface area contributed by atoms with Gasteiger partial charge in [0, 0.05) is 63.7 Å². The Labute approximate surface area is 299 Å². The molecule has 0 aromatic carbocycles. The molecule has 10 nitrogen and oxygen atoms in total. The van der Waals surface area contributed by atoms with Gasteiger partial charge in [0.1, 0.15) is 5.78 Å². The number of nitrogens with zero attached hydrogens (tertiary/aromatic N) is 6. The van der Waals surface area contributed by atoms with Crippen molar-refractivity contribution in [2.24, 2.45) is 17.8 Å². The summed E-state index contributed by atoms with van der Waals surface area (Å²) in [5.41, 5.74) is 0. The van der Waals surface area contributed by atoms with Crippen LogP contribution in [0.15, 0.2) is 0 Å². The third-order valence-corrected chi connectivity index (χ3v) is 11.6. The van der Waals surface area contributed by atoms with E-state index in [4.69, 9.17) is 9.47 Å². The molecule has 0 radical (unpaired) electrons. The highest BCUT2D eigenvalue weighted by atomic mass is 16.5. The Morgan fingerprint density at radius 3 is 1.73 bits per heavy atom. The minimum absolute atomic E-state index is 0.000987. The van der Waals surface area contributed by atoms with Gasteiger partial charge >= 0.3 is 0 Å². The first kappa shape index (κ1) is 40.5. The van der Waals surface area contributed by atoms with Crippen LogP contribution < -0.4 is 0 Å². The van der Waals surface area contributed by atoms with Crippen LogP contribution in [0.2, 0.25) is 0 Å². The normalized spacial score (nSPS) is 23.4. The molecule has 10 heteroatoms. The summed E-state index contributed by atoms with van der Waals surface area (Å²) in [6.07, 6.45) is 9.08. The van der Waals surface area contributed by atoms with Crippen LogP contribution in [0.3, 0.4) is 0 Å². The van der Waals surface area contributed by atoms with Crippen LogP contribution in [0.25, 0.3) is 0 Å². The topological polar surface area (TPSA) is 71.8 Å². The number of carbonyl (C=O) groups excluding carboxylic acids is 2. The van der Waals surface area contributed by atoms with Crippen molar-refractivity contribution in [1.29, 1.82) is 0 Å². The highest BCUT2D eigenvalue weighted by Crippen LogP contribution is 2.21. The van der Waals surface area contributed by atoms with Crippen LogP contribution in [0.1, 0.15) is 80.1 Å². The SMILES string of the molecule is CC(C)OCCN1CCC(CN2CC[N+](=CC(=O)C(C)CCC(C)C(=O)CN3CCN(C4CCN(CCOC(C)C)CC4)CC3)CC2)CC1. The van der Waals surface area contributed by atoms with Gasteiger partial charge in [0.25, 0.3) is 0 Å². The number of piperidine rings is 2. The predicted octanol–water partition coefficient (Wildman–Crippen LogP) is 3.22. The first-order valence-electron chi connectivity index (χ1n) is 20.1. The van der Waals surface area contributed by atoms with Gasteiger partial charge in [-0.1, -0.05) is 13.8 Å². The van der Waals surface area contributed by atoms with Crippen LogP contribution >= 0.6 is 0 Å². The number of piperazine rings is 2. The largest absolute Gasteiger partial charge is 0.377 e. The lowest BCUT2D eigenvalue weighted by atomic mass is 9.92. The molecule has 0 spiro atoms. The van der Waals surface area contributed by atoms with Crippen molar-refractivity contribution < 1.29 is 23.6 Å². The summed E-state index contributed by atoms with van der Waals surface area (Å²) in [4.78, 5) is 38.9. The minimum Gasteiger partial charge on any atom is -0.377 e. The summed E-state index contributed by atoms with van der Waals surface area (Å²) >= 11 is 0. The number of Topliss-reactive ketones (excluding diaryl/α,β-unsaturated/α-hetero) is 2. The number of hydrogen-bond donors (Lipinski definition) is 0. The lowest BCUT2D eigenvalue weighted by Gasteiger charge is -2.42. The van der Waals surface area contributed by atoms with E-state index in [2.05, 4.69) is 63.7 Å². The van der Waals surface area contributed by atoms with Crippen LogP contribution in [-0.4, -0.2) is 183 Å². The fraction of sp³-hybridized carbons (Fsp3) is 0.923. The molecule has 4 aliphatic rings. The van der Waals surface area contributed by atoms with Gasteiger partial charge in [-0.05, 0) is 98.3 Å². The first-order valence-corrected chi connectivity index (χ1v) is 20.1. The van der Waals surface area contributed by atoms with Gasteiger partial charge in [-0.2, -0.15) is 0 Å². The Kier molecular flexibility index (Phi) is 17.6. The Morgan fingerprint density at radius 2 is 1.18 bits per heavy atom. The van der Waals surface area contributed by atoms with E-state index < -0.39 is 0 Å². The van der Waals surface area contributed by atoms with Crippen LogP contribution in [0.5, 0.6) is 0 Å². The molecule has 0 aromatic rings. The summed E-state index contributed by atoms with van der Waals surface area (Å²) in [7, 11) is 0. The van der Waals surface area contributed by atoms with Crippen molar-refractivity contribution in [3.63, 3.8) is 0 Å². The lowest BCUT2D eigenvalue weighted by molar-refractivity contribution is -0.534. The number of carbonyl (C=O) groups is 2. The number of ketones is 2. The Hall–Kier alpha value is -1.27. The van der Waals surface area contributed by atoms with Gasteiger partial charge in [-0.3, -0.25) is 24.3 Å². The van der Waals surface area contributed by atoms with Gasteiger partial charge in [-0.15, -0.1) is 0 Å². The summed E-state index contributed by atoms with van der Waals surface area (Å²) in [6.45, 7) is 30.7. The zero-order chi connectivity index (χ0) is 35.2. The van der Waals surface area contributed by atoms with Gasteiger partial charge in [0.05, 0.1) is 45.1 Å². The molecule has 0 aromatic heterocycles. The third-order valence-electron chi connectivity index (χ3n) is 11.6. The molecule has 0 aliphatic carbocycles. The molecule has 2 atom stereocenters. The average Bonchev–Trinajstić information content (AvgIpc) is 3.09. The van der Waals surface area contributed by atoms with Crippen molar-refractivity contribution in [1.82, 2.24) is 24.5 Å². The maximum atomic E-state index is 13.1. The molecule has 4 saturated heterocycles. The van der Waals surface area contributed by atoms with E-state index in [9.17, 15) is 9.59 Å². The molecule has 0 saturated carbocycles. The minimum atomic E-state index is -0.0397. The monoisotopic (exact) mass is 690 g/mol. The van der Waals surface area contributed by atoms with Crippen molar-refractivity contribution in [3.05, 3.63) is 0 Å². The van der Waals surface area contributed by atoms with Gasteiger partial charge in [0.2, 0.25) is 12.0 Å². The van der Waals surface area contributed by atoms with Crippen molar-refractivity contribution in [2.45, 2.75) is 98.3 Å². The Morgan fingerprint density at radius 1 is 0.653 bits per heavy atom. The number of ether oxygens (including phenoxy) is 2. The highest BCUT2D eigenvalue weighted by Gasteiger charge is 2.30. The van der Waals surface area contributed by atoms with Gasteiger partial charge in [-0.25, -0.2) is 4.58 Å². The van der Waals surface area contributed by atoms with E-state index in [1.54, 1.807) is 0 Å². The quantitative estimate of drug-likeness (QED) is 0.190. The standard InChI is InChI=1S/C39H73N6O4/c1-32(2)48-27-25-40-13-9-36(10-14-40)29-42-17-19-43(20-18-42)30-38(46)34(5)7-8-35(6)39(47)31-44-21-23-45(24-22-44)37-11-15-41(16-12-37)26-28-49-33(3)4/h30,32-37H,7-29,31H2,1-6H3/q+1. The summed E-state index contributed by atoms with van der Waals surface area (Å²) in [6, 6.07) is 0.674. The van der Waals surface area contributed by atoms with Crippen LogP contribution in [-0.2, 0) is 19.1 Å². The molecule has 282 valence electrons. The van der Waals surface area contributed by atoms with Crippen LogP contribution in [0.4, 0.5) is 0 Å². The second-order valence-corrected chi connectivity index (χ2v) is 16.2. The summed E-state index contributed by atoms with van der Waals surface area (Å²) < 4.78 is 13.7. The van der Waals surface area contributed by atoms with E-state index in [1.807, 2.05) is 13.1 Å². The molecule has 49 heavy (non-hydrogen) atoms. The average molecular weight is 690 g/mol. The molecule has 4 fully saturated rings. The highest BCUT2D eigenvalue weighted by molar-refractivity contribution is 6.26. The number of likely N-dealkylation sites (tertiary alicyclic amines) is 2. The number of rotatable bonds is 19. The maximum absolute atomic E-state index is 13.1. The molecular formula is C39H73N6O4+. The third kappa shape index (κ3) is 14.7. The molecule has 4 rings (SSSR count). The van der Waals surface area contributed by atoms with Gasteiger partial charge < -0.3 is 19.3 Å². The number of hydrogen-bond acceptors (Lipinski definition) is 9. The fourth-order valence-electron chi connectivity index (χ4n) is 7.95. The van der Waals surface area contributed by atoms with Gasteiger partial charge in [0.15, 0.2) is 13.1 Å². The second kappa shape index (κ2) is 21.3. The predicted molar refractivity (Wildman–Crippen MR) is 199 cm³/mol. The molecule has 0 N–H and O–H groups in total. The maximum Gasteiger partial charge on any atom is 0.221 e. The zero-order valence-corrected chi connectivity index (χ0v) is 32.3. The molecule has 4 heterocycles. The molecule has 0 amide bonds. The molecular weight excluding hydrogens is 616 g/mol. The van der Waals surface area contributed by atoms with E-state index >= 15 is 0 Å². The summed E-state index contributed by atoms with van der Waals surface area (Å²) in [5, 5.41) is 0. The van der Waals surface area contributed by atoms with E-state index in [0.29, 0.717) is 30.6 Å². The van der Waals surface area contributed by atoms with E-state index in [-0.39, 0.29) is 17.6 Å². The van der Waals surface area contributed by atoms with Crippen LogP contribution in [0, 0.1) is 17.8 Å². The van der Waals surface area contributed by atoms with Crippen molar-refractivity contribution in [3.8, 4) is 0 Å². The Balaban J connectivity index is 1.04. The summed E-state index contributed by atoms with van der Waals surface area (Å²) in [5.74, 6) is 1.29. The molecule has 2 unspecified atom stereocenters. The second-order valence-electron chi connectivity index (χ2n) is 16.2. The lowest BCUT2D eigenvalue weighted by Crippen LogP contribution is -2.54. The van der Waals surface area contributed by atoms with Crippen molar-refractivity contribution >= 4 is 17.8 Å². The Bertz CT molecular complexity index is 989. The molecule has 4 aliphatic heterocycles. The smallest absolute Gasteiger partial charge is 0.221 e. The first-order chi connectivity index (χ1) is 23.5. The van der Waals surface area contributed by atoms with E-state index in [1.165, 1.54) is 45.3 Å². The van der Waals surface area contributed by atoms with Crippen molar-refractivity contribution in [2.75, 3.05) is 118 Å². The van der Waals surface area contributed by atoms with E-state index in [0.717, 1.165) is 111 Å². The zero-order valence-electron chi connectivity index (χ0n) is 32.3. The fourth-order valence-corrected chi connectivity index (χ4v) is 7.95. The molecule has 0 bridgehead atoms.